The Morgan fingerprint density at radius 1 is 1.24 bits per heavy atom. The molecule has 1 fully saturated rings. The molecule has 2 aromatic rings. The third kappa shape index (κ3) is 6.22. The van der Waals surface area contributed by atoms with Gasteiger partial charge in [-0.1, -0.05) is 56.2 Å². The van der Waals surface area contributed by atoms with E-state index in [2.05, 4.69) is 52.2 Å². The number of allylic oxidation sites excluding steroid dienone is 1. The summed E-state index contributed by atoms with van der Waals surface area (Å²) in [5.41, 5.74) is 2.03. The second-order valence-corrected chi connectivity index (χ2v) is 9.38. The zero-order valence-electron chi connectivity index (χ0n) is 20.1. The number of aromatic nitrogens is 2. The van der Waals surface area contributed by atoms with Crippen LogP contribution in [0.5, 0.6) is 6.01 Å². The van der Waals surface area contributed by atoms with Crippen molar-refractivity contribution in [2.75, 3.05) is 32.7 Å². The molecule has 0 radical (unpaired) electrons. The highest BCUT2D eigenvalue weighted by Gasteiger charge is 2.41. The minimum atomic E-state index is -0.490. The number of rotatable bonds is 10. The molecule has 1 aromatic carbocycles. The van der Waals surface area contributed by atoms with Crippen molar-refractivity contribution in [1.82, 2.24) is 19.5 Å². The summed E-state index contributed by atoms with van der Waals surface area (Å²) < 4.78 is 7.73. The van der Waals surface area contributed by atoms with Gasteiger partial charge in [0.05, 0.1) is 12.8 Å². The highest BCUT2D eigenvalue weighted by atomic mass is 16.6. The summed E-state index contributed by atoms with van der Waals surface area (Å²) in [6.45, 7) is 9.08. The molecule has 1 unspecified atom stereocenters. The molecule has 1 atom stereocenters. The topological polar surface area (TPSA) is 89.0 Å². The summed E-state index contributed by atoms with van der Waals surface area (Å²) in [5, 5.41) is 17.9. The minimum Gasteiger partial charge on any atom is -0.436 e. The van der Waals surface area contributed by atoms with Gasteiger partial charge in [-0.3, -0.25) is 14.5 Å². The lowest BCUT2D eigenvalue weighted by atomic mass is 10.1. The Balaban J connectivity index is 1.29. The van der Waals surface area contributed by atoms with Crippen molar-refractivity contribution in [3.63, 3.8) is 0 Å². The number of benzene rings is 1. The van der Waals surface area contributed by atoms with Crippen molar-refractivity contribution >= 4 is 18.1 Å². The van der Waals surface area contributed by atoms with Crippen LogP contribution in [0.3, 0.4) is 0 Å². The van der Waals surface area contributed by atoms with Crippen LogP contribution in [0.25, 0.3) is 6.08 Å². The number of fused-ring (bicyclic) bond motifs is 1. The molecule has 0 N–H and O–H groups in total. The molecule has 4 rings (SSSR count). The molecular formula is C25H34N6O3. The number of piperazine rings is 1. The van der Waals surface area contributed by atoms with Crippen molar-refractivity contribution in [2.45, 2.75) is 51.7 Å². The Bertz CT molecular complexity index is 1000. The van der Waals surface area contributed by atoms with Crippen LogP contribution in [0.15, 0.2) is 47.2 Å². The average molecular weight is 467 g/mol. The first-order valence-corrected chi connectivity index (χ1v) is 12.1. The van der Waals surface area contributed by atoms with Crippen molar-refractivity contribution in [2.24, 2.45) is 5.10 Å². The van der Waals surface area contributed by atoms with Gasteiger partial charge in [0, 0.05) is 37.7 Å². The number of unbranched alkanes of at least 4 members (excludes halogenated alkanes) is 2. The lowest BCUT2D eigenvalue weighted by Crippen LogP contribution is -2.51. The lowest BCUT2D eigenvalue weighted by molar-refractivity contribution is -0.389. The summed E-state index contributed by atoms with van der Waals surface area (Å²) in [6, 6.07) is 10.8. The van der Waals surface area contributed by atoms with Gasteiger partial charge in [0.25, 0.3) is 0 Å². The van der Waals surface area contributed by atoms with E-state index in [1.54, 1.807) is 4.57 Å². The van der Waals surface area contributed by atoms with Gasteiger partial charge in [-0.05, 0) is 35.8 Å². The van der Waals surface area contributed by atoms with Gasteiger partial charge in [0.15, 0.2) is 0 Å². The molecule has 1 aromatic heterocycles. The van der Waals surface area contributed by atoms with E-state index in [4.69, 9.17) is 9.84 Å². The third-order valence-electron chi connectivity index (χ3n) is 6.27. The predicted molar refractivity (Wildman–Crippen MR) is 133 cm³/mol. The largest absolute Gasteiger partial charge is 0.436 e. The van der Waals surface area contributed by atoms with Crippen LogP contribution < -0.4 is 4.74 Å². The molecule has 2 aliphatic heterocycles. The monoisotopic (exact) mass is 466 g/mol. The molecular weight excluding hydrogens is 432 g/mol. The van der Waals surface area contributed by atoms with Gasteiger partial charge in [0.1, 0.15) is 11.8 Å². The summed E-state index contributed by atoms with van der Waals surface area (Å²) in [5.74, 6) is -0.168. The van der Waals surface area contributed by atoms with Gasteiger partial charge < -0.3 is 14.9 Å². The molecule has 34 heavy (non-hydrogen) atoms. The quantitative estimate of drug-likeness (QED) is 0.226. The highest BCUT2D eigenvalue weighted by molar-refractivity contribution is 5.85. The zero-order valence-corrected chi connectivity index (χ0v) is 20.1. The number of nitro groups is 1. The van der Waals surface area contributed by atoms with E-state index >= 15 is 0 Å². The Labute approximate surface area is 200 Å². The van der Waals surface area contributed by atoms with Crippen molar-refractivity contribution in [3.05, 3.63) is 57.8 Å². The molecule has 3 heterocycles. The van der Waals surface area contributed by atoms with Crippen LogP contribution in [0.4, 0.5) is 5.82 Å². The zero-order chi connectivity index (χ0) is 24.0. The fourth-order valence-electron chi connectivity index (χ4n) is 4.52. The normalized spacial score (nSPS) is 21.1. The van der Waals surface area contributed by atoms with Crippen molar-refractivity contribution in [3.8, 4) is 6.01 Å². The molecule has 0 aliphatic carbocycles. The van der Waals surface area contributed by atoms with Gasteiger partial charge in [0.2, 0.25) is 0 Å². The van der Waals surface area contributed by atoms with Crippen molar-refractivity contribution in [1.29, 1.82) is 0 Å². The number of imidazole rings is 1. The maximum absolute atomic E-state index is 10.9. The maximum atomic E-state index is 10.9. The lowest BCUT2D eigenvalue weighted by Gasteiger charge is -2.36. The summed E-state index contributed by atoms with van der Waals surface area (Å²) in [7, 11) is 0. The molecule has 1 saturated heterocycles. The van der Waals surface area contributed by atoms with Crippen LogP contribution in [0.2, 0.25) is 0 Å². The second kappa shape index (κ2) is 10.8. The number of hydrogen-bond acceptors (Lipinski definition) is 7. The highest BCUT2D eigenvalue weighted by Crippen LogP contribution is 2.31. The van der Waals surface area contributed by atoms with Crippen molar-refractivity contribution < 1.29 is 9.66 Å². The SMILES string of the molecule is CCCCCC(C=NN1CCN(CC2(C)Cn3cc([N+](=O)[O-])nc3O2)CC1)=Cc1ccccc1. The smallest absolute Gasteiger partial charge is 0.415 e. The first kappa shape index (κ1) is 23.9. The van der Waals surface area contributed by atoms with Crippen LogP contribution in [-0.4, -0.2) is 68.9 Å². The van der Waals surface area contributed by atoms with E-state index < -0.39 is 10.5 Å². The van der Waals surface area contributed by atoms with Crippen LogP contribution >= 0.6 is 0 Å². The minimum absolute atomic E-state index is 0.168. The Morgan fingerprint density at radius 2 is 2.00 bits per heavy atom. The van der Waals surface area contributed by atoms with Gasteiger partial charge >= 0.3 is 11.8 Å². The summed E-state index contributed by atoms with van der Waals surface area (Å²) >= 11 is 0. The molecule has 2 aliphatic rings. The average Bonchev–Trinajstić information content (AvgIpc) is 3.34. The fourth-order valence-corrected chi connectivity index (χ4v) is 4.52. The van der Waals surface area contributed by atoms with Crippen LogP contribution in [-0.2, 0) is 6.54 Å². The fraction of sp³-hybridized carbons (Fsp3) is 0.520. The van der Waals surface area contributed by atoms with Gasteiger partial charge in [-0.15, -0.1) is 0 Å². The van der Waals surface area contributed by atoms with E-state index in [1.807, 2.05) is 19.2 Å². The van der Waals surface area contributed by atoms with Crippen LogP contribution in [0.1, 0.15) is 45.1 Å². The Kier molecular flexibility index (Phi) is 7.62. The van der Waals surface area contributed by atoms with E-state index in [9.17, 15) is 10.1 Å². The number of hydrogen-bond donors (Lipinski definition) is 0. The summed E-state index contributed by atoms with van der Waals surface area (Å²) in [6.07, 6.45) is 10.4. The van der Waals surface area contributed by atoms with E-state index in [-0.39, 0.29) is 5.82 Å². The second-order valence-electron chi connectivity index (χ2n) is 9.38. The van der Waals surface area contributed by atoms with E-state index in [0.29, 0.717) is 12.6 Å². The molecule has 0 saturated carbocycles. The summed E-state index contributed by atoms with van der Waals surface area (Å²) in [4.78, 5) is 16.8. The van der Waals surface area contributed by atoms with Gasteiger partial charge in [-0.25, -0.2) is 0 Å². The standard InChI is InChI=1S/C25H34N6O3/c1-3-4-6-11-22(16-21-9-7-5-8-10-21)17-26-30-14-12-28(13-15-30)19-25(2)20-29-18-23(31(32)33)27-24(29)34-25/h5,7-10,16-18H,3-4,6,11-15,19-20H2,1-2H3. The first-order valence-electron chi connectivity index (χ1n) is 12.1. The van der Waals surface area contributed by atoms with Gasteiger partial charge in [-0.2, -0.15) is 5.10 Å². The van der Waals surface area contributed by atoms with Crippen LogP contribution in [0, 0.1) is 10.1 Å². The first-order chi connectivity index (χ1) is 16.4. The van der Waals surface area contributed by atoms with E-state index in [1.165, 1.54) is 36.6 Å². The number of nitrogens with zero attached hydrogens (tertiary/aromatic N) is 6. The maximum Gasteiger partial charge on any atom is 0.415 e. The predicted octanol–water partition coefficient (Wildman–Crippen LogP) is 4.21. The molecule has 0 spiro atoms. The molecule has 0 amide bonds. The Morgan fingerprint density at radius 3 is 2.68 bits per heavy atom. The third-order valence-corrected chi connectivity index (χ3v) is 6.27. The molecule has 182 valence electrons. The molecule has 9 heteroatoms. The number of hydrazone groups is 1. The van der Waals surface area contributed by atoms with E-state index in [0.717, 1.165) is 39.1 Å². The molecule has 0 bridgehead atoms. The Hall–Kier alpha value is -3.20. The number of ether oxygens (including phenoxy) is 1. The molecule has 9 nitrogen and oxygen atoms in total.